The quantitative estimate of drug-likeness (QED) is 0.0353. The molecule has 3 atom stereocenters. The number of nitrogens with two attached hydrogens (primary N) is 1. The second kappa shape index (κ2) is 51.9. The second-order valence-corrected chi connectivity index (χ2v) is 21.3. The molecule has 0 aromatic rings. The minimum absolute atomic E-state index is 0.0929. The third-order valence-electron chi connectivity index (χ3n) is 13.5. The summed E-state index contributed by atoms with van der Waals surface area (Å²) in [6.45, 7) is 4.27. The van der Waals surface area contributed by atoms with Gasteiger partial charge in [-0.1, -0.05) is 296 Å². The maximum Gasteiger partial charge on any atom is 0.472 e. The molecule has 0 rings (SSSR count). The molecule has 64 heavy (non-hydrogen) atoms. The molecule has 384 valence electrons. The molecule has 0 bridgehead atoms. The van der Waals surface area contributed by atoms with E-state index in [2.05, 4.69) is 19.2 Å². The van der Waals surface area contributed by atoms with E-state index in [1.807, 2.05) is 0 Å². The molecule has 0 saturated heterocycles. The van der Waals surface area contributed by atoms with Crippen molar-refractivity contribution in [2.75, 3.05) is 19.8 Å². The van der Waals surface area contributed by atoms with Gasteiger partial charge in [-0.25, -0.2) is 4.57 Å². The Morgan fingerprint density at radius 1 is 0.453 bits per heavy atom. The molecule has 8 nitrogen and oxygen atoms in total. The summed E-state index contributed by atoms with van der Waals surface area (Å²) in [5, 5.41) is 13.9. The molecule has 0 heterocycles. The number of hydrogen-bond donors (Lipinski definition) is 4. The standard InChI is InChI=1S/C55H113N2O6P/c1-3-5-7-9-11-13-15-17-19-20-21-22-23-24-25-26-27-28-29-30-31-32-33-35-37-39-41-43-45-47-49-55(59)57-53(52-63-64(60,61)62-51-50-56)54(58)48-46-44-42-40-38-36-34-18-16-14-12-10-8-6-4-2/h53-54,58H,3-52,56H2,1-2H3,(H,57,59)(H,60,61)/t53-,54+/m0/s1. The topological polar surface area (TPSA) is 131 Å². The van der Waals surface area contributed by atoms with Crippen molar-refractivity contribution in [3.63, 3.8) is 0 Å². The normalized spacial score (nSPS) is 13.6. The van der Waals surface area contributed by atoms with Gasteiger partial charge in [0.2, 0.25) is 5.91 Å². The van der Waals surface area contributed by atoms with E-state index in [4.69, 9.17) is 14.8 Å². The van der Waals surface area contributed by atoms with E-state index in [1.165, 1.54) is 250 Å². The maximum atomic E-state index is 12.9. The van der Waals surface area contributed by atoms with E-state index in [-0.39, 0.29) is 25.7 Å². The Hall–Kier alpha value is -0.500. The first-order chi connectivity index (χ1) is 31.4. The molecule has 0 aliphatic rings. The van der Waals surface area contributed by atoms with Gasteiger partial charge in [-0.15, -0.1) is 0 Å². The van der Waals surface area contributed by atoms with Gasteiger partial charge in [-0.2, -0.15) is 0 Å². The van der Waals surface area contributed by atoms with Crippen LogP contribution in [0.25, 0.3) is 0 Å². The molecule has 0 aromatic carbocycles. The summed E-state index contributed by atoms with van der Waals surface area (Å²) in [5.74, 6) is -0.153. The Balaban J connectivity index is 3.83. The van der Waals surface area contributed by atoms with Crippen LogP contribution < -0.4 is 11.1 Å². The molecule has 0 aliphatic heterocycles. The van der Waals surface area contributed by atoms with Crippen LogP contribution in [0.2, 0.25) is 0 Å². The number of unbranched alkanes of at least 4 members (excludes halogenated alkanes) is 43. The largest absolute Gasteiger partial charge is 0.472 e. The van der Waals surface area contributed by atoms with Crippen molar-refractivity contribution in [2.45, 2.75) is 328 Å². The van der Waals surface area contributed by atoms with Crippen LogP contribution in [-0.2, 0) is 18.4 Å². The Labute approximate surface area is 399 Å². The minimum atomic E-state index is -4.32. The average molecular weight is 929 g/mol. The first-order valence-electron chi connectivity index (χ1n) is 28.7. The van der Waals surface area contributed by atoms with Crippen LogP contribution in [0.4, 0.5) is 0 Å². The van der Waals surface area contributed by atoms with Crippen LogP contribution in [0.3, 0.4) is 0 Å². The van der Waals surface area contributed by atoms with Crippen LogP contribution in [0.15, 0.2) is 0 Å². The van der Waals surface area contributed by atoms with Gasteiger partial charge in [-0.05, 0) is 12.8 Å². The number of aliphatic hydroxyl groups excluding tert-OH is 1. The molecule has 0 radical (unpaired) electrons. The maximum absolute atomic E-state index is 12.9. The number of nitrogens with one attached hydrogen (secondary N) is 1. The summed E-state index contributed by atoms with van der Waals surface area (Å²) in [5.41, 5.74) is 5.41. The highest BCUT2D eigenvalue weighted by Crippen LogP contribution is 2.43. The number of carbonyl (C=O) groups excluding carboxylic acids is 1. The van der Waals surface area contributed by atoms with Crippen molar-refractivity contribution >= 4 is 13.7 Å². The van der Waals surface area contributed by atoms with Crippen molar-refractivity contribution in [3.05, 3.63) is 0 Å². The smallest absolute Gasteiger partial charge is 0.391 e. The lowest BCUT2D eigenvalue weighted by Gasteiger charge is -2.25. The molecule has 1 unspecified atom stereocenters. The third-order valence-corrected chi connectivity index (χ3v) is 14.4. The van der Waals surface area contributed by atoms with E-state index in [0.717, 1.165) is 38.5 Å². The minimum Gasteiger partial charge on any atom is -0.391 e. The van der Waals surface area contributed by atoms with Gasteiger partial charge in [0, 0.05) is 13.0 Å². The summed E-state index contributed by atoms with van der Waals surface area (Å²) in [4.78, 5) is 22.9. The SMILES string of the molecule is CCCCCCCCCCCCCCCCCCCCCCCCCCCCCCCCC(=O)N[C@@H](COP(=O)(O)OCCN)[C@H](O)CCCCCCCCCCCCCCCCC. The lowest BCUT2D eigenvalue weighted by Crippen LogP contribution is -2.46. The van der Waals surface area contributed by atoms with Gasteiger partial charge in [0.05, 0.1) is 25.4 Å². The van der Waals surface area contributed by atoms with Crippen molar-refractivity contribution < 1.29 is 28.4 Å². The Kier molecular flexibility index (Phi) is 51.5. The highest BCUT2D eigenvalue weighted by molar-refractivity contribution is 7.47. The van der Waals surface area contributed by atoms with Crippen LogP contribution in [0.1, 0.15) is 316 Å². The van der Waals surface area contributed by atoms with Crippen molar-refractivity contribution in [1.82, 2.24) is 5.32 Å². The number of amides is 1. The number of phosphoric acid groups is 1. The highest BCUT2D eigenvalue weighted by Gasteiger charge is 2.27. The number of carbonyl (C=O) groups is 1. The van der Waals surface area contributed by atoms with Crippen molar-refractivity contribution in [3.8, 4) is 0 Å². The van der Waals surface area contributed by atoms with Gasteiger partial charge in [-0.3, -0.25) is 13.8 Å². The Morgan fingerprint density at radius 3 is 1.00 bits per heavy atom. The fourth-order valence-corrected chi connectivity index (χ4v) is 9.90. The number of aliphatic hydroxyl groups is 1. The summed E-state index contributed by atoms with van der Waals surface area (Å²) >= 11 is 0. The van der Waals surface area contributed by atoms with Crippen LogP contribution in [-0.4, -0.2) is 47.8 Å². The summed E-state index contributed by atoms with van der Waals surface area (Å²) < 4.78 is 22.3. The molecule has 0 aromatic heterocycles. The summed E-state index contributed by atoms with van der Waals surface area (Å²) in [6, 6.07) is -0.769. The average Bonchev–Trinajstić information content (AvgIpc) is 3.29. The Morgan fingerprint density at radius 2 is 0.719 bits per heavy atom. The summed E-state index contributed by atoms with van der Waals surface area (Å²) in [6.07, 6.45) is 60.1. The number of rotatable bonds is 55. The highest BCUT2D eigenvalue weighted by atomic mass is 31.2. The van der Waals surface area contributed by atoms with E-state index < -0.39 is 20.0 Å². The second-order valence-electron chi connectivity index (χ2n) is 19.9. The monoisotopic (exact) mass is 929 g/mol. The predicted octanol–water partition coefficient (Wildman–Crippen LogP) is 17.3. The first kappa shape index (κ1) is 63.5. The number of hydrogen-bond acceptors (Lipinski definition) is 6. The lowest BCUT2D eigenvalue weighted by molar-refractivity contribution is -0.123. The molecular weight excluding hydrogens is 816 g/mol. The van der Waals surface area contributed by atoms with E-state index in [0.29, 0.717) is 12.8 Å². The van der Waals surface area contributed by atoms with Crippen molar-refractivity contribution in [2.24, 2.45) is 5.73 Å². The molecular formula is C55H113N2O6P. The molecule has 0 saturated carbocycles. The lowest BCUT2D eigenvalue weighted by atomic mass is 10.0. The molecule has 0 fully saturated rings. The van der Waals surface area contributed by atoms with Crippen molar-refractivity contribution in [1.29, 1.82) is 0 Å². The number of phosphoric ester groups is 1. The van der Waals surface area contributed by atoms with Crippen LogP contribution >= 0.6 is 7.82 Å². The molecule has 9 heteroatoms. The predicted molar refractivity (Wildman–Crippen MR) is 277 cm³/mol. The molecule has 0 spiro atoms. The van der Waals surface area contributed by atoms with Gasteiger partial charge in [0.1, 0.15) is 0 Å². The van der Waals surface area contributed by atoms with E-state index in [9.17, 15) is 19.4 Å². The van der Waals surface area contributed by atoms with Gasteiger partial charge >= 0.3 is 7.82 Å². The Bertz CT molecular complexity index is 973. The van der Waals surface area contributed by atoms with Crippen LogP contribution in [0, 0.1) is 0 Å². The fourth-order valence-electron chi connectivity index (χ4n) is 9.14. The zero-order valence-electron chi connectivity index (χ0n) is 43.1. The first-order valence-corrected chi connectivity index (χ1v) is 30.1. The molecule has 5 N–H and O–H groups in total. The van der Waals surface area contributed by atoms with E-state index in [1.54, 1.807) is 0 Å². The molecule has 1 amide bonds. The van der Waals surface area contributed by atoms with Crippen LogP contribution in [0.5, 0.6) is 0 Å². The van der Waals surface area contributed by atoms with E-state index >= 15 is 0 Å². The zero-order chi connectivity index (χ0) is 46.7. The zero-order valence-corrected chi connectivity index (χ0v) is 44.0. The van der Waals surface area contributed by atoms with Gasteiger partial charge in [0.25, 0.3) is 0 Å². The third kappa shape index (κ3) is 49.4. The fraction of sp³-hybridized carbons (Fsp3) is 0.982. The van der Waals surface area contributed by atoms with Gasteiger partial charge in [0.15, 0.2) is 0 Å². The molecule has 0 aliphatic carbocycles. The van der Waals surface area contributed by atoms with Gasteiger partial charge < -0.3 is 21.1 Å². The summed E-state index contributed by atoms with van der Waals surface area (Å²) in [7, 11) is -4.32.